The Bertz CT molecular complexity index is 613. The van der Waals surface area contributed by atoms with Gasteiger partial charge in [0.2, 0.25) is 0 Å². The molecule has 0 unspecified atom stereocenters. The Kier molecular flexibility index (Phi) is 4.38. The first kappa shape index (κ1) is 16.5. The van der Waals surface area contributed by atoms with Crippen LogP contribution in [0.2, 0.25) is 5.02 Å². The summed E-state index contributed by atoms with van der Waals surface area (Å²) in [5.41, 5.74) is 1.28. The number of anilines is 1. The Morgan fingerprint density at radius 1 is 1.21 bits per heavy atom. The van der Waals surface area contributed by atoms with Crippen molar-refractivity contribution in [3.63, 3.8) is 0 Å². The summed E-state index contributed by atoms with van der Waals surface area (Å²) in [5.74, 6) is 3.64. The molecule has 3 nitrogen and oxygen atoms in total. The summed E-state index contributed by atoms with van der Waals surface area (Å²) in [6.45, 7) is 0.991. The maximum Gasteiger partial charge on any atom is 0.170 e. The van der Waals surface area contributed by atoms with Crippen LogP contribution in [-0.4, -0.2) is 18.8 Å². The lowest BCUT2D eigenvalue weighted by molar-refractivity contribution is -0.0490. The molecular weight excluding hydrogens is 340 g/mol. The fourth-order valence-electron chi connectivity index (χ4n) is 5.72. The van der Waals surface area contributed by atoms with Gasteiger partial charge in [0.25, 0.3) is 0 Å². The molecule has 4 fully saturated rings. The number of ether oxygens (including phenoxy) is 1. The predicted molar refractivity (Wildman–Crippen MR) is 103 cm³/mol. The van der Waals surface area contributed by atoms with Crippen molar-refractivity contribution in [3.05, 3.63) is 23.2 Å². The van der Waals surface area contributed by atoms with E-state index in [-0.39, 0.29) is 0 Å². The average Bonchev–Trinajstić information content (AvgIpc) is 2.52. The van der Waals surface area contributed by atoms with Gasteiger partial charge in [-0.15, -0.1) is 0 Å². The second kappa shape index (κ2) is 6.38. The van der Waals surface area contributed by atoms with Gasteiger partial charge in [-0.1, -0.05) is 11.6 Å². The summed E-state index contributed by atoms with van der Waals surface area (Å²) in [4.78, 5) is 0. The van der Waals surface area contributed by atoms with Gasteiger partial charge < -0.3 is 15.4 Å². The minimum Gasteiger partial charge on any atom is -0.495 e. The molecule has 4 saturated carbocycles. The van der Waals surface area contributed by atoms with Crippen molar-refractivity contribution >= 4 is 34.6 Å². The van der Waals surface area contributed by atoms with Gasteiger partial charge in [-0.25, -0.2) is 0 Å². The first-order valence-electron chi connectivity index (χ1n) is 8.94. The standard InChI is InChI=1S/C19H25ClN2OS/c1-23-17-3-2-15(20)7-16(17)22-18(24)21-11-19-8-12-4-13(9-19)6-14(5-12)10-19/h2-3,7,12-14H,4-6,8-11H2,1H3,(H2,21,22,24). The van der Waals surface area contributed by atoms with Gasteiger partial charge in [0, 0.05) is 11.6 Å². The molecule has 5 rings (SSSR count). The highest BCUT2D eigenvalue weighted by Crippen LogP contribution is 2.59. The lowest BCUT2D eigenvalue weighted by atomic mass is 9.49. The molecule has 24 heavy (non-hydrogen) atoms. The van der Waals surface area contributed by atoms with Crippen molar-refractivity contribution in [3.8, 4) is 5.75 Å². The Morgan fingerprint density at radius 3 is 2.42 bits per heavy atom. The zero-order chi connectivity index (χ0) is 16.7. The second-order valence-corrected chi connectivity index (χ2v) is 8.91. The van der Waals surface area contributed by atoms with Gasteiger partial charge in [0.15, 0.2) is 5.11 Å². The fraction of sp³-hybridized carbons (Fsp3) is 0.632. The van der Waals surface area contributed by atoms with E-state index in [9.17, 15) is 0 Å². The number of thiocarbonyl (C=S) groups is 1. The van der Waals surface area contributed by atoms with Crippen LogP contribution in [0.1, 0.15) is 38.5 Å². The monoisotopic (exact) mass is 364 g/mol. The lowest BCUT2D eigenvalue weighted by Gasteiger charge is -2.57. The molecule has 130 valence electrons. The van der Waals surface area contributed by atoms with Gasteiger partial charge in [-0.05, 0) is 92.1 Å². The van der Waals surface area contributed by atoms with Crippen molar-refractivity contribution < 1.29 is 4.74 Å². The van der Waals surface area contributed by atoms with E-state index in [4.69, 9.17) is 28.6 Å². The summed E-state index contributed by atoms with van der Waals surface area (Å²) in [5, 5.41) is 8.05. The highest BCUT2D eigenvalue weighted by molar-refractivity contribution is 7.80. The van der Waals surface area contributed by atoms with Crippen LogP contribution in [0.3, 0.4) is 0 Å². The normalized spacial score (nSPS) is 33.3. The summed E-state index contributed by atoms with van der Waals surface area (Å²) in [7, 11) is 1.65. The zero-order valence-corrected chi connectivity index (χ0v) is 15.7. The molecule has 0 radical (unpaired) electrons. The smallest absolute Gasteiger partial charge is 0.170 e. The lowest BCUT2D eigenvalue weighted by Crippen LogP contribution is -2.51. The summed E-state index contributed by atoms with van der Waals surface area (Å²) < 4.78 is 5.37. The Morgan fingerprint density at radius 2 is 1.83 bits per heavy atom. The van der Waals surface area contributed by atoms with Crippen LogP contribution < -0.4 is 15.4 Å². The number of methoxy groups -OCH3 is 1. The number of nitrogens with one attached hydrogen (secondary N) is 2. The summed E-state index contributed by atoms with van der Waals surface area (Å²) >= 11 is 11.6. The van der Waals surface area contributed by atoms with Crippen LogP contribution in [-0.2, 0) is 0 Å². The molecule has 0 aliphatic heterocycles. The molecule has 4 bridgehead atoms. The first-order valence-corrected chi connectivity index (χ1v) is 9.72. The minimum absolute atomic E-state index is 0.471. The molecule has 0 amide bonds. The first-order chi connectivity index (χ1) is 11.5. The highest BCUT2D eigenvalue weighted by atomic mass is 35.5. The van der Waals surface area contributed by atoms with Gasteiger partial charge in [-0.3, -0.25) is 0 Å². The van der Waals surface area contributed by atoms with E-state index in [1.807, 2.05) is 18.2 Å². The molecule has 1 aromatic rings. The second-order valence-electron chi connectivity index (χ2n) is 8.07. The van der Waals surface area contributed by atoms with Crippen molar-refractivity contribution in [2.45, 2.75) is 38.5 Å². The largest absolute Gasteiger partial charge is 0.495 e. The molecule has 2 N–H and O–H groups in total. The molecule has 1 aromatic carbocycles. The van der Waals surface area contributed by atoms with Crippen molar-refractivity contribution in [2.24, 2.45) is 23.2 Å². The molecule has 0 saturated heterocycles. The van der Waals surface area contributed by atoms with Gasteiger partial charge in [-0.2, -0.15) is 0 Å². The van der Waals surface area contributed by atoms with Gasteiger partial charge in [0.1, 0.15) is 5.75 Å². The van der Waals surface area contributed by atoms with Crippen LogP contribution in [0.15, 0.2) is 18.2 Å². The van der Waals surface area contributed by atoms with E-state index in [0.717, 1.165) is 35.7 Å². The average molecular weight is 365 g/mol. The Hall–Kier alpha value is -1.00. The van der Waals surface area contributed by atoms with E-state index in [0.29, 0.717) is 15.6 Å². The van der Waals surface area contributed by atoms with E-state index in [2.05, 4.69) is 10.6 Å². The third kappa shape index (κ3) is 3.23. The number of rotatable bonds is 4. The van der Waals surface area contributed by atoms with Crippen LogP contribution in [0.25, 0.3) is 0 Å². The van der Waals surface area contributed by atoms with Gasteiger partial charge in [0.05, 0.1) is 12.8 Å². The molecule has 5 heteroatoms. The molecule has 0 aromatic heterocycles. The summed E-state index contributed by atoms with van der Waals surface area (Å²) in [6, 6.07) is 5.52. The predicted octanol–water partition coefficient (Wildman–Crippen LogP) is 4.85. The zero-order valence-electron chi connectivity index (χ0n) is 14.1. The van der Waals surface area contributed by atoms with E-state index in [1.165, 1.54) is 38.5 Å². The minimum atomic E-state index is 0.471. The Labute approximate surface area is 154 Å². The molecule has 4 aliphatic rings. The summed E-state index contributed by atoms with van der Waals surface area (Å²) in [6.07, 6.45) is 8.57. The van der Waals surface area contributed by atoms with E-state index in [1.54, 1.807) is 7.11 Å². The maximum atomic E-state index is 6.09. The van der Waals surface area contributed by atoms with Crippen LogP contribution >= 0.6 is 23.8 Å². The molecule has 0 heterocycles. The third-order valence-electron chi connectivity index (χ3n) is 6.20. The fourth-order valence-corrected chi connectivity index (χ4v) is 6.07. The number of hydrogen-bond donors (Lipinski definition) is 2. The quantitative estimate of drug-likeness (QED) is 0.748. The molecule has 4 aliphatic carbocycles. The molecule has 0 atom stereocenters. The Balaban J connectivity index is 1.38. The van der Waals surface area contributed by atoms with Crippen molar-refractivity contribution in [1.82, 2.24) is 5.32 Å². The topological polar surface area (TPSA) is 33.3 Å². The van der Waals surface area contributed by atoms with E-state index < -0.39 is 0 Å². The van der Waals surface area contributed by atoms with Crippen LogP contribution in [0.5, 0.6) is 5.75 Å². The van der Waals surface area contributed by atoms with Crippen molar-refractivity contribution in [1.29, 1.82) is 0 Å². The SMILES string of the molecule is COc1ccc(Cl)cc1NC(=S)NCC12CC3CC(CC(C3)C1)C2. The number of halogens is 1. The number of hydrogen-bond acceptors (Lipinski definition) is 2. The van der Waals surface area contributed by atoms with E-state index >= 15 is 0 Å². The van der Waals surface area contributed by atoms with Crippen LogP contribution in [0, 0.1) is 23.2 Å². The third-order valence-corrected chi connectivity index (χ3v) is 6.68. The van der Waals surface area contributed by atoms with Crippen molar-refractivity contribution in [2.75, 3.05) is 19.0 Å². The highest BCUT2D eigenvalue weighted by Gasteiger charge is 2.50. The number of benzene rings is 1. The maximum absolute atomic E-state index is 6.09. The molecular formula is C19H25ClN2OS. The molecule has 0 spiro atoms. The van der Waals surface area contributed by atoms with Crippen LogP contribution in [0.4, 0.5) is 5.69 Å². The van der Waals surface area contributed by atoms with Gasteiger partial charge >= 0.3 is 0 Å².